The molecule has 0 unspecified atom stereocenters. The van der Waals surface area contributed by atoms with Gasteiger partial charge in [-0.05, 0) is 42.5 Å². The second-order valence-corrected chi connectivity index (χ2v) is 7.58. The van der Waals surface area contributed by atoms with E-state index in [-0.39, 0.29) is 0 Å². The number of ether oxygens (including phenoxy) is 1. The van der Waals surface area contributed by atoms with Crippen molar-refractivity contribution in [2.75, 3.05) is 25.2 Å². The lowest BCUT2D eigenvalue weighted by Crippen LogP contribution is -2.07. The van der Waals surface area contributed by atoms with Crippen LogP contribution in [0.3, 0.4) is 0 Å². The molecule has 0 radical (unpaired) electrons. The molecule has 0 aliphatic carbocycles. The van der Waals surface area contributed by atoms with Crippen LogP contribution in [-0.2, 0) is 0 Å². The van der Waals surface area contributed by atoms with E-state index in [4.69, 9.17) is 4.74 Å². The topological polar surface area (TPSA) is 111 Å². The van der Waals surface area contributed by atoms with Crippen molar-refractivity contribution in [2.24, 2.45) is 4.99 Å². The minimum absolute atomic E-state index is 0.323. The van der Waals surface area contributed by atoms with Gasteiger partial charge in [0.25, 0.3) is 0 Å². The van der Waals surface area contributed by atoms with E-state index in [1.165, 1.54) is 11.8 Å². The molecule has 1 aliphatic heterocycles. The number of rotatable bonds is 6. The van der Waals surface area contributed by atoms with E-state index in [2.05, 4.69) is 38.6 Å². The first kappa shape index (κ1) is 21.2. The van der Waals surface area contributed by atoms with Crippen LogP contribution in [0.1, 0.15) is 17.5 Å². The maximum absolute atomic E-state index is 9.91. The van der Waals surface area contributed by atoms with Gasteiger partial charge in [-0.3, -0.25) is 4.99 Å². The second kappa shape index (κ2) is 9.38. The first-order valence-electron chi connectivity index (χ1n) is 9.76. The molecule has 9 heteroatoms. The Morgan fingerprint density at radius 2 is 1.97 bits per heavy atom. The molecule has 1 aromatic carbocycles. The van der Waals surface area contributed by atoms with Crippen LogP contribution < -0.4 is 10.1 Å². The zero-order valence-electron chi connectivity index (χ0n) is 17.5. The highest BCUT2D eigenvalue weighted by atomic mass is 32.2. The maximum atomic E-state index is 9.91. The van der Waals surface area contributed by atoms with E-state index < -0.39 is 0 Å². The quantitative estimate of drug-likeness (QED) is 0.451. The Hall–Kier alpha value is -4.08. The molecule has 4 rings (SSSR count). The largest absolute Gasteiger partial charge is 0.497 e. The third-order valence-electron chi connectivity index (χ3n) is 4.92. The number of anilines is 1. The van der Waals surface area contributed by atoms with Crippen LogP contribution in [0.4, 0.5) is 5.82 Å². The number of allylic oxidation sites excluding steroid dienone is 2. The van der Waals surface area contributed by atoms with Crippen molar-refractivity contribution in [1.29, 1.82) is 10.5 Å². The molecule has 0 amide bonds. The average molecular weight is 442 g/mol. The molecule has 1 aliphatic rings. The fourth-order valence-electron chi connectivity index (χ4n) is 3.35. The number of thioether (sulfide) groups is 1. The van der Waals surface area contributed by atoms with Crippen molar-refractivity contribution >= 4 is 29.4 Å². The van der Waals surface area contributed by atoms with Gasteiger partial charge in [0, 0.05) is 24.5 Å². The molecular weight excluding hydrogens is 422 g/mol. The van der Waals surface area contributed by atoms with Gasteiger partial charge in [-0.25, -0.2) is 9.50 Å². The molecule has 1 N–H and O–H groups in total. The van der Waals surface area contributed by atoms with Crippen molar-refractivity contribution in [2.45, 2.75) is 11.4 Å². The van der Waals surface area contributed by atoms with E-state index in [0.717, 1.165) is 17.6 Å². The highest BCUT2D eigenvalue weighted by Crippen LogP contribution is 2.33. The molecule has 32 heavy (non-hydrogen) atoms. The number of nitrogens with zero attached hydrogens (tertiary/aromatic N) is 6. The number of fused-ring (bicyclic) bond motifs is 1. The molecule has 0 saturated heterocycles. The van der Waals surface area contributed by atoms with Gasteiger partial charge in [0.2, 0.25) is 0 Å². The third-order valence-corrected chi connectivity index (χ3v) is 5.60. The molecule has 3 aromatic rings. The minimum Gasteiger partial charge on any atom is -0.497 e. The molecule has 2 aromatic heterocycles. The van der Waals surface area contributed by atoms with E-state index in [1.807, 2.05) is 36.6 Å². The summed E-state index contributed by atoms with van der Waals surface area (Å²) in [6.45, 7) is 0.460. The number of hydrogen-bond acceptors (Lipinski definition) is 8. The van der Waals surface area contributed by atoms with Gasteiger partial charge in [0.15, 0.2) is 11.5 Å². The summed E-state index contributed by atoms with van der Waals surface area (Å²) in [4.78, 5) is 8.79. The van der Waals surface area contributed by atoms with Gasteiger partial charge in [-0.15, -0.1) is 16.9 Å². The van der Waals surface area contributed by atoms with Crippen LogP contribution in [0.25, 0.3) is 16.9 Å². The lowest BCUT2D eigenvalue weighted by atomic mass is 10.1. The molecule has 0 saturated carbocycles. The smallest absolute Gasteiger partial charge is 0.177 e. The summed E-state index contributed by atoms with van der Waals surface area (Å²) in [5.41, 5.74) is 3.46. The van der Waals surface area contributed by atoms with Gasteiger partial charge in [0.1, 0.15) is 34.0 Å². The van der Waals surface area contributed by atoms with Gasteiger partial charge in [-0.1, -0.05) is 12.2 Å². The van der Waals surface area contributed by atoms with Crippen LogP contribution in [0.5, 0.6) is 5.75 Å². The SMILES string of the molecule is COc1ccc(-c2c(C#N)c(SC)nc3c(C#N)c(NCC4=CCC=CN=C4)nn23)cc1. The van der Waals surface area contributed by atoms with E-state index in [0.29, 0.717) is 45.6 Å². The molecule has 3 heterocycles. The van der Waals surface area contributed by atoms with Gasteiger partial charge >= 0.3 is 0 Å². The van der Waals surface area contributed by atoms with E-state index in [9.17, 15) is 10.5 Å². The first-order valence-corrected chi connectivity index (χ1v) is 11.0. The van der Waals surface area contributed by atoms with Crippen molar-refractivity contribution in [3.05, 3.63) is 59.3 Å². The molecule has 8 nitrogen and oxygen atoms in total. The summed E-state index contributed by atoms with van der Waals surface area (Å²) in [6, 6.07) is 11.8. The van der Waals surface area contributed by atoms with Crippen molar-refractivity contribution in [3.63, 3.8) is 0 Å². The fourth-order valence-corrected chi connectivity index (χ4v) is 3.88. The normalized spacial score (nSPS) is 12.7. The van der Waals surface area contributed by atoms with E-state index in [1.54, 1.807) is 24.0 Å². The lowest BCUT2D eigenvalue weighted by molar-refractivity contribution is 0.415. The Morgan fingerprint density at radius 1 is 1.19 bits per heavy atom. The van der Waals surface area contributed by atoms with Crippen LogP contribution in [-0.4, -0.2) is 40.7 Å². The highest BCUT2D eigenvalue weighted by molar-refractivity contribution is 7.98. The van der Waals surface area contributed by atoms with Gasteiger partial charge in [0.05, 0.1) is 12.8 Å². The van der Waals surface area contributed by atoms with Crippen LogP contribution in [0.15, 0.2) is 58.2 Å². The molecule has 0 spiro atoms. The average Bonchev–Trinajstić information content (AvgIpc) is 2.98. The number of hydrogen-bond donors (Lipinski definition) is 1. The minimum atomic E-state index is 0.323. The Morgan fingerprint density at radius 3 is 2.66 bits per heavy atom. The molecule has 0 fully saturated rings. The Balaban J connectivity index is 1.86. The summed E-state index contributed by atoms with van der Waals surface area (Å²) < 4.78 is 6.82. The number of nitriles is 2. The summed E-state index contributed by atoms with van der Waals surface area (Å²) in [5.74, 6) is 1.11. The van der Waals surface area contributed by atoms with Crippen molar-refractivity contribution in [3.8, 4) is 29.1 Å². The van der Waals surface area contributed by atoms with Gasteiger partial charge < -0.3 is 10.1 Å². The van der Waals surface area contributed by atoms with Crippen LogP contribution in [0.2, 0.25) is 0 Å². The monoisotopic (exact) mass is 441 g/mol. The summed E-state index contributed by atoms with van der Waals surface area (Å²) in [5, 5.41) is 28.2. The molecule has 158 valence electrons. The predicted octanol–water partition coefficient (Wildman–Crippen LogP) is 4.20. The lowest BCUT2D eigenvalue weighted by Gasteiger charge is -2.11. The zero-order chi connectivity index (χ0) is 22.5. The first-order chi connectivity index (χ1) is 15.7. The number of nitrogens with one attached hydrogen (secondary N) is 1. The second-order valence-electron chi connectivity index (χ2n) is 6.79. The number of aromatic nitrogens is 3. The van der Waals surface area contributed by atoms with E-state index >= 15 is 0 Å². The maximum Gasteiger partial charge on any atom is 0.177 e. The third kappa shape index (κ3) is 3.94. The standard InChI is InChI=1S/C23H19N7OS/c1-31-17-8-6-16(7-9-17)20-18(11-24)23(32-2)28-22-19(12-25)21(29-30(20)22)27-14-15-5-3-4-10-26-13-15/h4-10,13H,3,14H2,1-2H3,(H,27,29). The summed E-state index contributed by atoms with van der Waals surface area (Å²) >= 11 is 1.36. The Bertz CT molecular complexity index is 1340. The van der Waals surface area contributed by atoms with Crippen molar-refractivity contribution < 1.29 is 4.74 Å². The molecular formula is C23H19N7OS. The molecule has 0 bridgehead atoms. The molecule has 0 atom stereocenters. The van der Waals surface area contributed by atoms with Crippen LogP contribution >= 0.6 is 11.8 Å². The van der Waals surface area contributed by atoms with Crippen LogP contribution in [0, 0.1) is 22.7 Å². The summed E-state index contributed by atoms with van der Waals surface area (Å²) in [7, 11) is 1.60. The zero-order valence-corrected chi connectivity index (χ0v) is 18.3. The highest BCUT2D eigenvalue weighted by Gasteiger charge is 2.23. The number of benzene rings is 1. The fraction of sp³-hybridized carbons (Fsp3) is 0.174. The summed E-state index contributed by atoms with van der Waals surface area (Å²) in [6.07, 6.45) is 10.2. The predicted molar refractivity (Wildman–Crippen MR) is 125 cm³/mol. The van der Waals surface area contributed by atoms with Gasteiger partial charge in [-0.2, -0.15) is 10.5 Å². The number of aliphatic imine (C=N–C) groups is 1. The van der Waals surface area contributed by atoms with Crippen molar-refractivity contribution in [1.82, 2.24) is 14.6 Å². The Kier molecular flexibility index (Phi) is 6.20. The number of methoxy groups -OCH3 is 1. The Labute approximate surface area is 189 Å².